The van der Waals surface area contributed by atoms with E-state index in [0.717, 1.165) is 0 Å². The Bertz CT molecular complexity index is 314. The Balaban J connectivity index is -0.000000602. The predicted octanol–water partition coefficient (Wildman–Crippen LogP) is -14.9. The third kappa shape index (κ3) is 25.6. The minimum absolute atomic E-state index is 0. The van der Waals surface area contributed by atoms with Gasteiger partial charge in [-0.05, 0) is 6.42 Å². The van der Waals surface area contributed by atoms with Crippen molar-refractivity contribution in [3.63, 3.8) is 0 Å². The smallest absolute Gasteiger partial charge is 0.550 e. The zero-order valence-corrected chi connectivity index (χ0v) is 20.1. The van der Waals surface area contributed by atoms with Gasteiger partial charge in [0.05, 0.1) is 11.9 Å². The fraction of sp³-hybridized carbons (Fsp3) is 0.727. The van der Waals surface area contributed by atoms with Crippen molar-refractivity contribution in [2.45, 2.75) is 6.42 Å². The maximum absolute atomic E-state index is 10.4. The molecule has 0 aromatic heterocycles. The summed E-state index contributed by atoms with van der Waals surface area (Å²) in [6.45, 7) is 1.22. The van der Waals surface area contributed by atoms with E-state index in [1.165, 1.54) is 0 Å². The Hall–Kier alpha value is 1.29. The molecule has 0 saturated carbocycles. The summed E-state index contributed by atoms with van der Waals surface area (Å²) in [5.41, 5.74) is 0. The molecule has 0 fully saturated rings. The van der Waals surface area contributed by atoms with Crippen LogP contribution in [-0.4, -0.2) is 68.6 Å². The average Bonchev–Trinajstić information content (AvgIpc) is 2.34. The molecule has 2 N–H and O–H groups in total. The fourth-order valence-electron chi connectivity index (χ4n) is 1.44. The molecule has 0 saturated heterocycles. The maximum atomic E-state index is 10.4. The zero-order valence-electron chi connectivity index (χ0n) is 14.1. The summed E-state index contributed by atoms with van der Waals surface area (Å²) in [6.07, 6.45) is -0.152. The van der Waals surface area contributed by atoms with Crippen molar-refractivity contribution >= 4 is 17.9 Å². The normalized spacial score (nSPS) is 9.26. The van der Waals surface area contributed by atoms with E-state index in [-0.39, 0.29) is 115 Å². The third-order valence-electron chi connectivity index (χ3n) is 2.38. The fourth-order valence-corrected chi connectivity index (χ4v) is 1.44. The standard InChI is InChI=1S/C11H21N3O6.3Na/c15-9(16)1-4-14(5-2-12-7-10(17)18)6-3-13-8-11(19)20;;;/h12-13H,1-8H2,(H,15,16)(H,17,18)(H,19,20);;;/q;3*+1/p-3. The maximum Gasteiger partial charge on any atom is 1.00 e. The van der Waals surface area contributed by atoms with Crippen LogP contribution in [0.3, 0.4) is 0 Å². The van der Waals surface area contributed by atoms with E-state index < -0.39 is 17.9 Å². The number of carboxylic acids is 3. The van der Waals surface area contributed by atoms with E-state index >= 15 is 0 Å². The number of nitrogens with zero attached hydrogens (tertiary/aromatic N) is 1. The summed E-state index contributed by atoms with van der Waals surface area (Å²) in [5.74, 6) is -3.62. The van der Waals surface area contributed by atoms with Gasteiger partial charge in [-0.3, -0.25) is 0 Å². The molecule has 12 heteroatoms. The van der Waals surface area contributed by atoms with Gasteiger partial charge in [0.1, 0.15) is 0 Å². The van der Waals surface area contributed by atoms with Crippen LogP contribution >= 0.6 is 0 Å². The molecule has 9 nitrogen and oxygen atoms in total. The van der Waals surface area contributed by atoms with E-state index in [1.807, 2.05) is 0 Å². The van der Waals surface area contributed by atoms with E-state index in [0.29, 0.717) is 26.2 Å². The van der Waals surface area contributed by atoms with Crippen molar-refractivity contribution in [1.82, 2.24) is 15.5 Å². The first-order valence-electron chi connectivity index (χ1n) is 6.15. The van der Waals surface area contributed by atoms with E-state index in [2.05, 4.69) is 10.6 Å². The summed E-state index contributed by atoms with van der Waals surface area (Å²) in [7, 11) is 0. The van der Waals surface area contributed by atoms with Crippen LogP contribution < -0.4 is 115 Å². The van der Waals surface area contributed by atoms with Gasteiger partial charge < -0.3 is 45.2 Å². The van der Waals surface area contributed by atoms with Gasteiger partial charge in [0.2, 0.25) is 0 Å². The Kier molecular flexibility index (Phi) is 29.7. The van der Waals surface area contributed by atoms with Gasteiger partial charge in [0, 0.05) is 51.8 Å². The molecular weight excluding hydrogens is 339 g/mol. The van der Waals surface area contributed by atoms with Gasteiger partial charge in [-0.1, -0.05) is 0 Å². The first-order chi connectivity index (χ1) is 9.41. The second-order valence-corrected chi connectivity index (χ2v) is 4.06. The number of rotatable bonds is 13. The summed E-state index contributed by atoms with van der Waals surface area (Å²) >= 11 is 0. The average molecular weight is 357 g/mol. The van der Waals surface area contributed by atoms with Crippen molar-refractivity contribution in [3.8, 4) is 0 Å². The summed E-state index contributed by atoms with van der Waals surface area (Å²) in [5, 5.41) is 36.0. The molecule has 0 aliphatic heterocycles. The SMILES string of the molecule is O=C([O-])CCN(CCNCC(=O)[O-])CCNCC(=O)[O-].[Na+].[Na+].[Na+]. The van der Waals surface area contributed by atoms with Crippen LogP contribution in [-0.2, 0) is 14.4 Å². The summed E-state index contributed by atoms with van der Waals surface area (Å²) < 4.78 is 0. The van der Waals surface area contributed by atoms with Crippen LogP contribution in [0.25, 0.3) is 0 Å². The summed E-state index contributed by atoms with van der Waals surface area (Å²) in [4.78, 5) is 32.5. The van der Waals surface area contributed by atoms with Crippen molar-refractivity contribution in [1.29, 1.82) is 0 Å². The van der Waals surface area contributed by atoms with Crippen molar-refractivity contribution in [2.24, 2.45) is 0 Å². The van der Waals surface area contributed by atoms with Crippen molar-refractivity contribution < 1.29 is 118 Å². The topological polar surface area (TPSA) is 148 Å². The number of carboxylic acid groups (broad SMARTS) is 3. The molecule has 116 valence electrons. The summed E-state index contributed by atoms with van der Waals surface area (Å²) in [6, 6.07) is 0. The van der Waals surface area contributed by atoms with Gasteiger partial charge in [-0.15, -0.1) is 0 Å². The molecule has 0 spiro atoms. The molecule has 0 aromatic carbocycles. The Labute approximate surface area is 201 Å². The Morgan fingerprint density at radius 3 is 1.39 bits per heavy atom. The van der Waals surface area contributed by atoms with E-state index in [9.17, 15) is 29.7 Å². The van der Waals surface area contributed by atoms with Crippen LogP contribution in [0, 0.1) is 0 Å². The second kappa shape index (κ2) is 21.3. The molecule has 0 aliphatic rings. The van der Waals surface area contributed by atoms with Crippen LogP contribution in [0.1, 0.15) is 6.42 Å². The van der Waals surface area contributed by atoms with Crippen LogP contribution in [0.5, 0.6) is 0 Å². The molecule has 0 unspecified atom stereocenters. The van der Waals surface area contributed by atoms with E-state index in [4.69, 9.17) is 0 Å². The molecule has 0 aliphatic carbocycles. The predicted molar refractivity (Wildman–Crippen MR) is 61.8 cm³/mol. The largest absolute Gasteiger partial charge is 1.00 e. The number of carbonyl (C=O) groups is 3. The van der Waals surface area contributed by atoms with Crippen molar-refractivity contribution in [2.75, 3.05) is 45.8 Å². The first kappa shape index (κ1) is 32.0. The molecule has 0 radical (unpaired) electrons. The molecular formula is C11H18N3Na3O6. The number of aliphatic carboxylic acids is 3. The minimum Gasteiger partial charge on any atom is -0.550 e. The number of nitrogens with one attached hydrogen (secondary N) is 2. The van der Waals surface area contributed by atoms with Gasteiger partial charge in [-0.25, -0.2) is 0 Å². The zero-order chi connectivity index (χ0) is 15.4. The van der Waals surface area contributed by atoms with Crippen molar-refractivity contribution in [3.05, 3.63) is 0 Å². The van der Waals surface area contributed by atoms with Crippen LogP contribution in [0.4, 0.5) is 0 Å². The van der Waals surface area contributed by atoms with Crippen LogP contribution in [0.15, 0.2) is 0 Å². The van der Waals surface area contributed by atoms with Crippen LogP contribution in [0.2, 0.25) is 0 Å². The molecule has 23 heavy (non-hydrogen) atoms. The van der Waals surface area contributed by atoms with Gasteiger partial charge in [-0.2, -0.15) is 0 Å². The monoisotopic (exact) mass is 357 g/mol. The molecule has 0 atom stereocenters. The third-order valence-corrected chi connectivity index (χ3v) is 2.38. The molecule has 0 rings (SSSR count). The molecule has 0 bridgehead atoms. The molecule has 0 aromatic rings. The number of hydrogen-bond donors (Lipinski definition) is 2. The van der Waals surface area contributed by atoms with Gasteiger partial charge in [0.15, 0.2) is 0 Å². The Morgan fingerprint density at radius 2 is 1.09 bits per heavy atom. The van der Waals surface area contributed by atoms with E-state index in [1.54, 1.807) is 4.90 Å². The number of carbonyl (C=O) groups excluding carboxylic acids is 3. The molecule has 0 amide bonds. The van der Waals surface area contributed by atoms with Gasteiger partial charge >= 0.3 is 88.7 Å². The van der Waals surface area contributed by atoms with Gasteiger partial charge in [0.25, 0.3) is 0 Å². The quantitative estimate of drug-likeness (QED) is 0.242. The number of hydrogen-bond acceptors (Lipinski definition) is 9. The Morgan fingerprint density at radius 1 is 0.696 bits per heavy atom. The molecule has 0 heterocycles. The first-order valence-corrected chi connectivity index (χ1v) is 6.15. The second-order valence-electron chi connectivity index (χ2n) is 4.06. The minimum atomic E-state index is -1.22.